The zero-order valence-electron chi connectivity index (χ0n) is 14.9. The van der Waals surface area contributed by atoms with Crippen LogP contribution in [0.4, 0.5) is 5.69 Å². The predicted molar refractivity (Wildman–Crippen MR) is 103 cm³/mol. The van der Waals surface area contributed by atoms with E-state index in [2.05, 4.69) is 15.4 Å². The molecule has 2 N–H and O–H groups in total. The van der Waals surface area contributed by atoms with Crippen molar-refractivity contribution in [2.45, 2.75) is 25.8 Å². The lowest BCUT2D eigenvalue weighted by atomic mass is 10.1. The summed E-state index contributed by atoms with van der Waals surface area (Å²) in [7, 11) is 1.36. The quantitative estimate of drug-likeness (QED) is 0.543. The van der Waals surface area contributed by atoms with E-state index in [4.69, 9.17) is 11.6 Å². The number of hydrogen-bond acceptors (Lipinski definition) is 4. The molecule has 0 unspecified atom stereocenters. The normalized spacial score (nSPS) is 11.7. The van der Waals surface area contributed by atoms with Crippen molar-refractivity contribution in [3.8, 4) is 0 Å². The van der Waals surface area contributed by atoms with Gasteiger partial charge in [0.25, 0.3) is 0 Å². The van der Waals surface area contributed by atoms with Crippen LogP contribution in [0.1, 0.15) is 30.0 Å². The van der Waals surface area contributed by atoms with Crippen LogP contribution in [0.15, 0.2) is 48.5 Å². The highest BCUT2D eigenvalue weighted by Crippen LogP contribution is 2.22. The fraction of sp³-hybridized carbons (Fsp3) is 0.300. The van der Waals surface area contributed by atoms with Gasteiger partial charge in [0.05, 0.1) is 7.11 Å². The molecular weight excluding hydrogens is 352 g/mol. The maximum Gasteiger partial charge on any atom is 0.305 e. The van der Waals surface area contributed by atoms with E-state index in [0.29, 0.717) is 30.1 Å². The van der Waals surface area contributed by atoms with Crippen molar-refractivity contribution in [2.75, 3.05) is 19.0 Å². The van der Waals surface area contributed by atoms with Crippen LogP contribution in [-0.4, -0.2) is 25.5 Å². The molecule has 0 radical (unpaired) electrons. The van der Waals surface area contributed by atoms with Gasteiger partial charge in [0.2, 0.25) is 5.91 Å². The van der Waals surface area contributed by atoms with E-state index in [1.807, 2.05) is 49.4 Å². The van der Waals surface area contributed by atoms with Gasteiger partial charge in [-0.3, -0.25) is 9.59 Å². The van der Waals surface area contributed by atoms with Gasteiger partial charge in [-0.1, -0.05) is 48.0 Å². The summed E-state index contributed by atoms with van der Waals surface area (Å²) in [6.07, 6.45) is 0.889. The molecule has 0 spiro atoms. The number of carbonyl (C=O) groups is 2. The third-order valence-electron chi connectivity index (χ3n) is 3.97. The van der Waals surface area contributed by atoms with E-state index in [1.54, 1.807) is 6.07 Å². The Kier molecular flexibility index (Phi) is 7.63. The van der Waals surface area contributed by atoms with Gasteiger partial charge in [-0.2, -0.15) is 0 Å². The number of nitrogens with one attached hydrogen (secondary N) is 2. The largest absolute Gasteiger partial charge is 0.469 e. The van der Waals surface area contributed by atoms with Crippen LogP contribution in [0, 0.1) is 6.92 Å². The number of amides is 1. The molecule has 26 heavy (non-hydrogen) atoms. The number of carbonyl (C=O) groups excluding carboxylic acids is 2. The van der Waals surface area contributed by atoms with Gasteiger partial charge in [0.1, 0.15) is 6.04 Å². The van der Waals surface area contributed by atoms with Crippen molar-refractivity contribution in [1.82, 2.24) is 5.32 Å². The van der Waals surface area contributed by atoms with E-state index in [-0.39, 0.29) is 11.9 Å². The Bertz CT molecular complexity index is 750. The van der Waals surface area contributed by atoms with Gasteiger partial charge < -0.3 is 15.4 Å². The molecule has 0 fully saturated rings. The minimum atomic E-state index is -0.533. The van der Waals surface area contributed by atoms with Crippen molar-refractivity contribution in [3.63, 3.8) is 0 Å². The standard InChI is InChI=1S/C20H23ClN2O3/c1-14-10-11-16(13-17(14)21)23-20(25)19(15-7-4-3-5-8-15)22-12-6-9-18(24)26-2/h3-5,7-8,10-11,13,19,22H,6,9,12H2,1-2H3,(H,23,25)/t19-/m1/s1. The number of anilines is 1. The van der Waals surface area contributed by atoms with Crippen molar-refractivity contribution in [2.24, 2.45) is 0 Å². The number of benzene rings is 2. The maximum atomic E-state index is 12.8. The summed E-state index contributed by atoms with van der Waals surface area (Å²) in [6.45, 7) is 2.42. The number of rotatable bonds is 8. The molecule has 0 saturated heterocycles. The predicted octanol–water partition coefficient (Wildman–Crippen LogP) is 3.87. The van der Waals surface area contributed by atoms with Crippen molar-refractivity contribution < 1.29 is 14.3 Å². The summed E-state index contributed by atoms with van der Waals surface area (Å²) in [5.41, 5.74) is 2.44. The summed E-state index contributed by atoms with van der Waals surface area (Å²) >= 11 is 6.13. The van der Waals surface area contributed by atoms with Gasteiger partial charge in [-0.05, 0) is 43.1 Å². The van der Waals surface area contributed by atoms with E-state index in [9.17, 15) is 9.59 Å². The number of ether oxygens (including phenoxy) is 1. The molecule has 2 rings (SSSR count). The number of aryl methyl sites for hydroxylation is 1. The average molecular weight is 375 g/mol. The molecule has 5 nitrogen and oxygen atoms in total. The van der Waals surface area contributed by atoms with Crippen LogP contribution >= 0.6 is 11.6 Å². The van der Waals surface area contributed by atoms with Crippen molar-refractivity contribution in [3.05, 3.63) is 64.7 Å². The number of methoxy groups -OCH3 is 1. The Hall–Kier alpha value is -2.37. The fourth-order valence-corrected chi connectivity index (χ4v) is 2.65. The molecule has 0 aliphatic rings. The zero-order valence-corrected chi connectivity index (χ0v) is 15.7. The van der Waals surface area contributed by atoms with Gasteiger partial charge in [0.15, 0.2) is 0 Å². The van der Waals surface area contributed by atoms with Crippen molar-refractivity contribution >= 4 is 29.2 Å². The molecule has 0 aliphatic heterocycles. The van der Waals surface area contributed by atoms with Gasteiger partial charge >= 0.3 is 5.97 Å². The summed E-state index contributed by atoms with van der Waals surface area (Å²) in [5.74, 6) is -0.448. The summed E-state index contributed by atoms with van der Waals surface area (Å²) in [5, 5.41) is 6.70. The highest BCUT2D eigenvalue weighted by atomic mass is 35.5. The van der Waals surface area contributed by atoms with Crippen LogP contribution in [0.25, 0.3) is 0 Å². The molecule has 0 aromatic heterocycles. The molecule has 138 valence electrons. The van der Waals surface area contributed by atoms with Crippen LogP contribution in [0.3, 0.4) is 0 Å². The monoisotopic (exact) mass is 374 g/mol. The molecule has 0 bridgehead atoms. The summed E-state index contributed by atoms with van der Waals surface area (Å²) < 4.78 is 4.63. The number of halogens is 1. The zero-order chi connectivity index (χ0) is 18.9. The maximum absolute atomic E-state index is 12.8. The minimum absolute atomic E-state index is 0.186. The smallest absolute Gasteiger partial charge is 0.305 e. The Labute approximate surface area is 158 Å². The van der Waals surface area contributed by atoms with E-state index in [0.717, 1.165) is 11.1 Å². The lowest BCUT2D eigenvalue weighted by Crippen LogP contribution is -2.33. The Morgan fingerprint density at radius 3 is 2.54 bits per heavy atom. The lowest BCUT2D eigenvalue weighted by Gasteiger charge is -2.19. The number of esters is 1. The first kappa shape index (κ1) is 19.9. The Morgan fingerprint density at radius 1 is 1.15 bits per heavy atom. The molecule has 2 aromatic rings. The first-order valence-corrected chi connectivity index (χ1v) is 8.81. The first-order valence-electron chi connectivity index (χ1n) is 8.43. The van der Waals surface area contributed by atoms with E-state index < -0.39 is 6.04 Å². The summed E-state index contributed by atoms with van der Waals surface area (Å²) in [4.78, 5) is 24.0. The molecule has 0 aliphatic carbocycles. The molecule has 0 heterocycles. The topological polar surface area (TPSA) is 67.4 Å². The summed E-state index contributed by atoms with van der Waals surface area (Å²) in [6, 6.07) is 14.3. The first-order chi connectivity index (χ1) is 12.5. The minimum Gasteiger partial charge on any atom is -0.469 e. The van der Waals surface area contributed by atoms with E-state index in [1.165, 1.54) is 7.11 Å². The SMILES string of the molecule is COC(=O)CCCN[C@@H](C(=O)Nc1ccc(C)c(Cl)c1)c1ccccc1. The Balaban J connectivity index is 2.06. The molecule has 0 saturated carbocycles. The number of hydrogen-bond donors (Lipinski definition) is 2. The van der Waals surface area contributed by atoms with Gasteiger partial charge in [-0.15, -0.1) is 0 Å². The molecule has 6 heteroatoms. The fourth-order valence-electron chi connectivity index (χ4n) is 2.47. The molecular formula is C20H23ClN2O3. The van der Waals surface area contributed by atoms with E-state index >= 15 is 0 Å². The second kappa shape index (κ2) is 9.94. The van der Waals surface area contributed by atoms with Gasteiger partial charge in [0, 0.05) is 17.1 Å². The highest BCUT2D eigenvalue weighted by molar-refractivity contribution is 6.31. The second-order valence-electron chi connectivity index (χ2n) is 5.93. The van der Waals surface area contributed by atoms with Crippen LogP contribution in [-0.2, 0) is 14.3 Å². The second-order valence-corrected chi connectivity index (χ2v) is 6.34. The molecule has 1 atom stereocenters. The van der Waals surface area contributed by atoms with Crippen molar-refractivity contribution in [1.29, 1.82) is 0 Å². The highest BCUT2D eigenvalue weighted by Gasteiger charge is 2.20. The third-order valence-corrected chi connectivity index (χ3v) is 4.38. The van der Waals surface area contributed by atoms with Crippen LogP contribution in [0.5, 0.6) is 0 Å². The lowest BCUT2D eigenvalue weighted by molar-refractivity contribution is -0.140. The molecule has 1 amide bonds. The van der Waals surface area contributed by atoms with Crippen LogP contribution in [0.2, 0.25) is 5.02 Å². The molecule has 2 aromatic carbocycles. The van der Waals surface area contributed by atoms with Crippen LogP contribution < -0.4 is 10.6 Å². The Morgan fingerprint density at radius 2 is 1.88 bits per heavy atom. The third kappa shape index (κ3) is 5.86. The van der Waals surface area contributed by atoms with Gasteiger partial charge in [-0.25, -0.2) is 0 Å². The average Bonchev–Trinajstić information content (AvgIpc) is 2.65.